The second-order valence-corrected chi connectivity index (χ2v) is 7.44. The molecule has 0 spiro atoms. The van der Waals surface area contributed by atoms with E-state index in [-0.39, 0.29) is 12.3 Å². The van der Waals surface area contributed by atoms with Gasteiger partial charge in [0.25, 0.3) is 0 Å². The Morgan fingerprint density at radius 3 is 2.68 bits per heavy atom. The molecule has 0 radical (unpaired) electrons. The van der Waals surface area contributed by atoms with Crippen LogP contribution >= 0.6 is 0 Å². The van der Waals surface area contributed by atoms with Gasteiger partial charge in [-0.15, -0.1) is 6.58 Å². The van der Waals surface area contributed by atoms with Crippen molar-refractivity contribution in [1.29, 1.82) is 5.26 Å². The highest BCUT2D eigenvalue weighted by Gasteiger charge is 2.32. The summed E-state index contributed by atoms with van der Waals surface area (Å²) in [5, 5.41) is 9.37. The number of hydrogen-bond donors (Lipinski definition) is 0. The minimum atomic E-state index is -3.30. The highest BCUT2D eigenvalue weighted by Crippen LogP contribution is 2.17. The summed E-state index contributed by atoms with van der Waals surface area (Å²) < 4.78 is 25.9. The number of sulfonamides is 1. The Hall–Kier alpha value is -1.68. The van der Waals surface area contributed by atoms with Gasteiger partial charge in [-0.2, -0.15) is 9.57 Å². The third kappa shape index (κ3) is 4.17. The predicted octanol–water partition coefficient (Wildman–Crippen LogP) is 1.60. The summed E-state index contributed by atoms with van der Waals surface area (Å²) in [6.07, 6.45) is 2.04. The van der Waals surface area contributed by atoms with Crippen LogP contribution in [-0.4, -0.2) is 49.1 Å². The van der Waals surface area contributed by atoms with Gasteiger partial charge in [0.15, 0.2) is 0 Å². The van der Waals surface area contributed by atoms with Crippen LogP contribution in [0.25, 0.3) is 0 Å². The second-order valence-electron chi connectivity index (χ2n) is 5.35. The van der Waals surface area contributed by atoms with Crippen LogP contribution < -0.4 is 0 Å². The minimum Gasteiger partial charge on any atom is -0.281 e. The van der Waals surface area contributed by atoms with Crippen molar-refractivity contribution >= 4 is 10.0 Å². The summed E-state index contributed by atoms with van der Waals surface area (Å²) >= 11 is 0. The van der Waals surface area contributed by atoms with Gasteiger partial charge in [-0.1, -0.05) is 36.4 Å². The Morgan fingerprint density at radius 2 is 2.05 bits per heavy atom. The van der Waals surface area contributed by atoms with Gasteiger partial charge < -0.3 is 0 Å². The van der Waals surface area contributed by atoms with E-state index < -0.39 is 16.1 Å². The van der Waals surface area contributed by atoms with Crippen LogP contribution in [0.5, 0.6) is 0 Å². The molecule has 0 N–H and O–H groups in total. The molecule has 0 saturated carbocycles. The van der Waals surface area contributed by atoms with Crippen molar-refractivity contribution in [1.82, 2.24) is 9.21 Å². The van der Waals surface area contributed by atoms with Crippen molar-refractivity contribution in [3.8, 4) is 6.07 Å². The van der Waals surface area contributed by atoms with Crippen LogP contribution in [0.2, 0.25) is 0 Å². The minimum absolute atomic E-state index is 0.0628. The van der Waals surface area contributed by atoms with E-state index in [1.807, 2.05) is 35.2 Å². The van der Waals surface area contributed by atoms with Crippen LogP contribution in [0.1, 0.15) is 12.0 Å². The molecule has 0 aliphatic carbocycles. The standard InChI is InChI=1S/C16H21N3O2S/c1-2-3-11-22(20,21)19-10-9-18(16(12-17)14-19)13-15-7-5-4-6-8-15/h2,4-8,16H,1,3,9-11,13-14H2. The van der Waals surface area contributed by atoms with E-state index in [2.05, 4.69) is 12.6 Å². The highest BCUT2D eigenvalue weighted by molar-refractivity contribution is 7.89. The molecule has 0 bridgehead atoms. The number of hydrogen-bond acceptors (Lipinski definition) is 4. The van der Waals surface area contributed by atoms with Crippen molar-refractivity contribution in [3.05, 3.63) is 48.6 Å². The van der Waals surface area contributed by atoms with Crippen molar-refractivity contribution in [2.75, 3.05) is 25.4 Å². The maximum Gasteiger partial charge on any atom is 0.214 e. The van der Waals surface area contributed by atoms with Crippen molar-refractivity contribution in [3.63, 3.8) is 0 Å². The van der Waals surface area contributed by atoms with E-state index >= 15 is 0 Å². The molecule has 1 fully saturated rings. The monoisotopic (exact) mass is 319 g/mol. The van der Waals surface area contributed by atoms with E-state index in [4.69, 9.17) is 0 Å². The van der Waals surface area contributed by atoms with Crippen molar-refractivity contribution in [2.45, 2.75) is 19.0 Å². The quantitative estimate of drug-likeness (QED) is 0.747. The molecule has 1 aliphatic rings. The van der Waals surface area contributed by atoms with Gasteiger partial charge in [0, 0.05) is 26.2 Å². The SMILES string of the molecule is C=CCCS(=O)(=O)N1CCN(Cc2ccccc2)C(C#N)C1. The number of allylic oxidation sites excluding steroid dienone is 1. The summed E-state index contributed by atoms with van der Waals surface area (Å²) in [5.41, 5.74) is 1.13. The normalized spacial score (nSPS) is 20.4. The second kappa shape index (κ2) is 7.54. The van der Waals surface area contributed by atoms with E-state index in [0.29, 0.717) is 26.1 Å². The Morgan fingerprint density at radius 1 is 1.32 bits per heavy atom. The van der Waals surface area contributed by atoms with Gasteiger partial charge in [-0.3, -0.25) is 4.90 Å². The summed E-state index contributed by atoms with van der Waals surface area (Å²) in [5.74, 6) is 0.0628. The molecule has 0 aromatic heterocycles. The number of nitriles is 1. The van der Waals surface area contributed by atoms with E-state index in [1.54, 1.807) is 6.08 Å². The van der Waals surface area contributed by atoms with E-state index in [1.165, 1.54) is 4.31 Å². The Bertz CT molecular complexity index is 637. The number of piperazine rings is 1. The fraction of sp³-hybridized carbons (Fsp3) is 0.438. The average Bonchev–Trinajstić information content (AvgIpc) is 2.54. The van der Waals surface area contributed by atoms with Crippen molar-refractivity contribution < 1.29 is 8.42 Å². The highest BCUT2D eigenvalue weighted by atomic mass is 32.2. The van der Waals surface area contributed by atoms with Gasteiger partial charge in [-0.25, -0.2) is 8.42 Å². The van der Waals surface area contributed by atoms with Crippen LogP contribution in [-0.2, 0) is 16.6 Å². The third-order valence-electron chi connectivity index (χ3n) is 3.80. The van der Waals surface area contributed by atoms with Crippen LogP contribution in [0.15, 0.2) is 43.0 Å². The lowest BCUT2D eigenvalue weighted by atomic mass is 10.1. The fourth-order valence-corrected chi connectivity index (χ4v) is 3.99. The third-order valence-corrected chi connectivity index (χ3v) is 5.67. The largest absolute Gasteiger partial charge is 0.281 e. The summed E-state index contributed by atoms with van der Waals surface area (Å²) in [6.45, 7) is 5.47. The number of rotatable bonds is 6. The van der Waals surface area contributed by atoms with E-state index in [9.17, 15) is 13.7 Å². The average molecular weight is 319 g/mol. The van der Waals surface area contributed by atoms with Gasteiger partial charge in [0.1, 0.15) is 6.04 Å². The topological polar surface area (TPSA) is 64.4 Å². The van der Waals surface area contributed by atoms with E-state index in [0.717, 1.165) is 5.56 Å². The smallest absolute Gasteiger partial charge is 0.214 e. The maximum absolute atomic E-state index is 12.2. The molecule has 1 aromatic carbocycles. The first-order valence-corrected chi connectivity index (χ1v) is 8.94. The zero-order valence-corrected chi connectivity index (χ0v) is 13.4. The Balaban J connectivity index is 2.02. The van der Waals surface area contributed by atoms with Gasteiger partial charge in [-0.05, 0) is 12.0 Å². The molecular formula is C16H21N3O2S. The molecule has 1 aliphatic heterocycles. The lowest BCUT2D eigenvalue weighted by molar-refractivity contribution is 0.143. The lowest BCUT2D eigenvalue weighted by Crippen LogP contribution is -2.54. The zero-order chi connectivity index (χ0) is 16.0. The lowest BCUT2D eigenvalue weighted by Gasteiger charge is -2.37. The first-order valence-electron chi connectivity index (χ1n) is 7.33. The van der Waals surface area contributed by atoms with Gasteiger partial charge >= 0.3 is 0 Å². The molecule has 22 heavy (non-hydrogen) atoms. The molecule has 1 aromatic rings. The summed E-state index contributed by atoms with van der Waals surface area (Å²) in [7, 11) is -3.30. The molecule has 1 saturated heterocycles. The fourth-order valence-electron chi connectivity index (χ4n) is 2.54. The molecule has 2 rings (SSSR count). The molecule has 1 heterocycles. The molecular weight excluding hydrogens is 298 g/mol. The first-order chi connectivity index (χ1) is 10.6. The number of nitrogens with zero attached hydrogens (tertiary/aromatic N) is 3. The molecule has 1 atom stereocenters. The van der Waals surface area contributed by atoms with Crippen LogP contribution in [0.3, 0.4) is 0 Å². The molecule has 5 nitrogen and oxygen atoms in total. The maximum atomic E-state index is 12.2. The van der Waals surface area contributed by atoms with Gasteiger partial charge in [0.2, 0.25) is 10.0 Å². The van der Waals surface area contributed by atoms with Gasteiger partial charge in [0.05, 0.1) is 11.8 Å². The van der Waals surface area contributed by atoms with Crippen molar-refractivity contribution in [2.24, 2.45) is 0 Å². The Labute approximate surface area is 132 Å². The summed E-state index contributed by atoms with van der Waals surface area (Å²) in [6, 6.07) is 11.7. The summed E-state index contributed by atoms with van der Waals surface area (Å²) in [4.78, 5) is 2.04. The molecule has 0 amide bonds. The molecule has 6 heteroatoms. The molecule has 118 valence electrons. The van der Waals surface area contributed by atoms with Crippen LogP contribution in [0, 0.1) is 11.3 Å². The van der Waals surface area contributed by atoms with Crippen LogP contribution in [0.4, 0.5) is 0 Å². The zero-order valence-electron chi connectivity index (χ0n) is 12.6. The Kier molecular flexibility index (Phi) is 5.72. The molecule has 1 unspecified atom stereocenters. The number of benzene rings is 1. The predicted molar refractivity (Wildman–Crippen MR) is 86.4 cm³/mol. The first kappa shape index (κ1) is 16.7.